The van der Waals surface area contributed by atoms with Gasteiger partial charge in [0.05, 0.1) is 12.7 Å². The Kier molecular flexibility index (Phi) is 5.93. The first-order valence-corrected chi connectivity index (χ1v) is 7.83. The monoisotopic (exact) mass is 254 g/mol. The van der Waals surface area contributed by atoms with Crippen LogP contribution < -0.4 is 0 Å². The van der Waals surface area contributed by atoms with E-state index in [-0.39, 0.29) is 0 Å². The van der Waals surface area contributed by atoms with E-state index in [2.05, 4.69) is 23.6 Å². The maximum atomic E-state index is 5.66. The summed E-state index contributed by atoms with van der Waals surface area (Å²) in [6.45, 7) is 11.5. The highest BCUT2D eigenvalue weighted by atomic mass is 16.5. The topological polar surface area (TPSA) is 15.7 Å². The number of nitrogens with zero attached hydrogens (tertiary/aromatic N) is 2. The van der Waals surface area contributed by atoms with Crippen LogP contribution in [0.1, 0.15) is 46.0 Å². The minimum atomic E-state index is 0.370. The fourth-order valence-corrected chi connectivity index (χ4v) is 3.25. The molecule has 0 bridgehead atoms. The molecule has 2 saturated heterocycles. The van der Waals surface area contributed by atoms with Gasteiger partial charge in [0.1, 0.15) is 0 Å². The summed E-state index contributed by atoms with van der Waals surface area (Å²) in [5, 5.41) is 0. The third-order valence-electron chi connectivity index (χ3n) is 4.31. The molecule has 1 atom stereocenters. The largest absolute Gasteiger partial charge is 0.377 e. The van der Waals surface area contributed by atoms with Gasteiger partial charge in [0.15, 0.2) is 0 Å². The van der Waals surface area contributed by atoms with Gasteiger partial charge in [-0.1, -0.05) is 0 Å². The van der Waals surface area contributed by atoms with Crippen molar-refractivity contribution in [2.45, 2.75) is 58.1 Å². The second-order valence-corrected chi connectivity index (χ2v) is 6.09. The van der Waals surface area contributed by atoms with Gasteiger partial charge in [-0.25, -0.2) is 0 Å². The number of hydrogen-bond acceptors (Lipinski definition) is 3. The SMILES string of the molecule is CC(C)OCCN1CCC[C@H](N2CCCC2)CC1. The zero-order valence-corrected chi connectivity index (χ0v) is 12.2. The van der Waals surface area contributed by atoms with Gasteiger partial charge >= 0.3 is 0 Å². The summed E-state index contributed by atoms with van der Waals surface area (Å²) in [6.07, 6.45) is 7.34. The van der Waals surface area contributed by atoms with Crippen molar-refractivity contribution in [2.75, 3.05) is 39.3 Å². The Morgan fingerprint density at radius 3 is 2.50 bits per heavy atom. The molecule has 18 heavy (non-hydrogen) atoms. The van der Waals surface area contributed by atoms with Crippen molar-refractivity contribution < 1.29 is 4.74 Å². The van der Waals surface area contributed by atoms with Gasteiger partial charge in [0.2, 0.25) is 0 Å². The van der Waals surface area contributed by atoms with Crippen molar-refractivity contribution in [3.8, 4) is 0 Å². The Balaban J connectivity index is 1.67. The van der Waals surface area contributed by atoms with Crippen LogP contribution in [0.4, 0.5) is 0 Å². The zero-order chi connectivity index (χ0) is 12.8. The average molecular weight is 254 g/mol. The number of hydrogen-bond donors (Lipinski definition) is 0. The average Bonchev–Trinajstić information content (AvgIpc) is 2.76. The van der Waals surface area contributed by atoms with Crippen molar-refractivity contribution in [1.29, 1.82) is 0 Å². The zero-order valence-electron chi connectivity index (χ0n) is 12.2. The summed E-state index contributed by atoms with van der Waals surface area (Å²) in [5.74, 6) is 0. The van der Waals surface area contributed by atoms with Gasteiger partial charge in [0.25, 0.3) is 0 Å². The third-order valence-corrected chi connectivity index (χ3v) is 4.31. The van der Waals surface area contributed by atoms with Crippen LogP contribution in [-0.4, -0.2) is 61.3 Å². The van der Waals surface area contributed by atoms with Gasteiger partial charge in [-0.05, 0) is 72.1 Å². The van der Waals surface area contributed by atoms with E-state index in [4.69, 9.17) is 4.74 Å². The van der Waals surface area contributed by atoms with Crippen LogP contribution in [-0.2, 0) is 4.74 Å². The lowest BCUT2D eigenvalue weighted by molar-refractivity contribution is 0.0592. The number of ether oxygens (including phenoxy) is 1. The van der Waals surface area contributed by atoms with Crippen LogP contribution in [0.3, 0.4) is 0 Å². The first kappa shape index (κ1) is 14.3. The molecular weight excluding hydrogens is 224 g/mol. The highest BCUT2D eigenvalue weighted by Gasteiger charge is 2.24. The Hall–Kier alpha value is -0.120. The number of rotatable bonds is 5. The Labute approximate surface area is 112 Å². The molecule has 2 aliphatic rings. The maximum Gasteiger partial charge on any atom is 0.0596 e. The first-order chi connectivity index (χ1) is 8.75. The maximum absolute atomic E-state index is 5.66. The molecular formula is C15H30N2O. The van der Waals surface area contributed by atoms with Gasteiger partial charge in [-0.15, -0.1) is 0 Å². The van der Waals surface area contributed by atoms with Crippen molar-refractivity contribution in [3.05, 3.63) is 0 Å². The lowest BCUT2D eigenvalue weighted by Gasteiger charge is -2.26. The molecule has 2 heterocycles. The van der Waals surface area contributed by atoms with Crippen molar-refractivity contribution >= 4 is 0 Å². The van der Waals surface area contributed by atoms with E-state index in [0.29, 0.717) is 6.10 Å². The van der Waals surface area contributed by atoms with Crippen LogP contribution in [0.5, 0.6) is 0 Å². The molecule has 2 fully saturated rings. The smallest absolute Gasteiger partial charge is 0.0596 e. The van der Waals surface area contributed by atoms with E-state index in [0.717, 1.165) is 19.2 Å². The lowest BCUT2D eigenvalue weighted by Crippen LogP contribution is -2.34. The molecule has 0 radical (unpaired) electrons. The first-order valence-electron chi connectivity index (χ1n) is 7.83. The molecule has 2 rings (SSSR count). The van der Waals surface area contributed by atoms with E-state index in [1.54, 1.807) is 0 Å². The molecule has 0 amide bonds. The minimum absolute atomic E-state index is 0.370. The van der Waals surface area contributed by atoms with E-state index < -0.39 is 0 Å². The molecule has 0 aromatic heterocycles. The van der Waals surface area contributed by atoms with Gasteiger partial charge < -0.3 is 14.5 Å². The third kappa shape index (κ3) is 4.52. The van der Waals surface area contributed by atoms with E-state index in [1.165, 1.54) is 58.3 Å². The summed E-state index contributed by atoms with van der Waals surface area (Å²) in [4.78, 5) is 5.33. The molecule has 0 spiro atoms. The predicted octanol–water partition coefficient (Wildman–Crippen LogP) is 2.36. The Morgan fingerprint density at radius 1 is 1.00 bits per heavy atom. The van der Waals surface area contributed by atoms with E-state index in [9.17, 15) is 0 Å². The van der Waals surface area contributed by atoms with E-state index in [1.807, 2.05) is 0 Å². The van der Waals surface area contributed by atoms with Crippen LogP contribution in [0.25, 0.3) is 0 Å². The molecule has 106 valence electrons. The highest BCUT2D eigenvalue weighted by Crippen LogP contribution is 2.21. The quantitative estimate of drug-likeness (QED) is 0.749. The van der Waals surface area contributed by atoms with Crippen molar-refractivity contribution in [3.63, 3.8) is 0 Å². The molecule has 3 heteroatoms. The molecule has 0 aromatic carbocycles. The normalized spacial score (nSPS) is 27.8. The summed E-state index contributed by atoms with van der Waals surface area (Å²) >= 11 is 0. The molecule has 0 aromatic rings. The summed E-state index contributed by atoms with van der Waals surface area (Å²) < 4.78 is 5.66. The van der Waals surface area contributed by atoms with Crippen molar-refractivity contribution in [2.24, 2.45) is 0 Å². The predicted molar refractivity (Wildman–Crippen MR) is 76.0 cm³/mol. The van der Waals surface area contributed by atoms with Crippen molar-refractivity contribution in [1.82, 2.24) is 9.80 Å². The summed E-state index contributed by atoms with van der Waals surface area (Å²) in [7, 11) is 0. The summed E-state index contributed by atoms with van der Waals surface area (Å²) in [5.41, 5.74) is 0. The summed E-state index contributed by atoms with van der Waals surface area (Å²) in [6, 6.07) is 0.864. The molecule has 3 nitrogen and oxygen atoms in total. The standard InChI is InChI=1S/C15H30N2O/c1-14(2)18-13-12-16-8-5-6-15(7-11-16)17-9-3-4-10-17/h14-15H,3-13H2,1-2H3/t15-/m0/s1. The molecule has 0 N–H and O–H groups in total. The molecule has 0 saturated carbocycles. The second-order valence-electron chi connectivity index (χ2n) is 6.09. The van der Waals surface area contributed by atoms with Crippen LogP contribution in [0, 0.1) is 0 Å². The van der Waals surface area contributed by atoms with Crippen LogP contribution in [0.15, 0.2) is 0 Å². The fourth-order valence-electron chi connectivity index (χ4n) is 3.25. The molecule has 0 unspecified atom stereocenters. The Bertz CT molecular complexity index is 227. The number of likely N-dealkylation sites (tertiary alicyclic amines) is 2. The molecule has 2 aliphatic heterocycles. The second kappa shape index (κ2) is 7.46. The highest BCUT2D eigenvalue weighted by molar-refractivity contribution is 4.80. The minimum Gasteiger partial charge on any atom is -0.377 e. The van der Waals surface area contributed by atoms with Gasteiger partial charge in [0, 0.05) is 12.6 Å². The lowest BCUT2D eigenvalue weighted by atomic mass is 10.1. The Morgan fingerprint density at radius 2 is 1.78 bits per heavy atom. The van der Waals surface area contributed by atoms with Crippen LogP contribution >= 0.6 is 0 Å². The van der Waals surface area contributed by atoms with E-state index >= 15 is 0 Å². The fraction of sp³-hybridized carbons (Fsp3) is 1.00. The van der Waals surface area contributed by atoms with Gasteiger partial charge in [-0.3, -0.25) is 0 Å². The molecule has 0 aliphatic carbocycles. The van der Waals surface area contributed by atoms with Gasteiger partial charge in [-0.2, -0.15) is 0 Å². The van der Waals surface area contributed by atoms with Crippen LogP contribution in [0.2, 0.25) is 0 Å².